The van der Waals surface area contributed by atoms with Crippen LogP contribution >= 0.6 is 11.8 Å². The number of amidine groups is 1. The first-order chi connectivity index (χ1) is 8.81. The number of anilines is 1. The van der Waals surface area contributed by atoms with E-state index in [2.05, 4.69) is 22.3 Å². The Hall–Kier alpha value is -1.01. The lowest BCUT2D eigenvalue weighted by molar-refractivity contribution is 0.183. The first-order valence-electron chi connectivity index (χ1n) is 6.31. The number of hydrogen-bond donors (Lipinski definition) is 1. The fraction of sp³-hybridized carbons (Fsp3) is 0.667. The second kappa shape index (κ2) is 6.80. The number of aromatic nitrogens is 2. The molecule has 0 amide bonds. The molecule has 0 spiro atoms. The van der Waals surface area contributed by atoms with Gasteiger partial charge in [-0.15, -0.1) is 0 Å². The Balaban J connectivity index is 1.81. The number of nitrogens with zero attached hydrogens (tertiary/aromatic N) is 3. The number of thioether (sulfide) groups is 1. The van der Waals surface area contributed by atoms with Crippen molar-refractivity contribution in [3.8, 4) is 0 Å². The molecule has 100 valence electrons. The van der Waals surface area contributed by atoms with Crippen molar-refractivity contribution in [2.75, 3.05) is 25.6 Å². The minimum atomic E-state index is 0.640. The molecule has 18 heavy (non-hydrogen) atoms. The predicted molar refractivity (Wildman–Crippen MR) is 76.3 cm³/mol. The minimum Gasteiger partial charge on any atom is -0.383 e. The van der Waals surface area contributed by atoms with Crippen molar-refractivity contribution in [3.05, 3.63) is 12.4 Å². The molecule has 0 bridgehead atoms. The van der Waals surface area contributed by atoms with E-state index in [4.69, 9.17) is 4.74 Å². The molecule has 2 heterocycles. The van der Waals surface area contributed by atoms with Crippen LogP contribution in [0.15, 0.2) is 17.4 Å². The van der Waals surface area contributed by atoms with Crippen molar-refractivity contribution in [1.29, 1.82) is 0 Å². The van der Waals surface area contributed by atoms with Crippen molar-refractivity contribution >= 4 is 22.6 Å². The van der Waals surface area contributed by atoms with Crippen molar-refractivity contribution < 1.29 is 4.74 Å². The van der Waals surface area contributed by atoms with Gasteiger partial charge in [-0.05, 0) is 6.42 Å². The Morgan fingerprint density at radius 3 is 3.28 bits per heavy atom. The monoisotopic (exact) mass is 268 g/mol. The zero-order valence-corrected chi connectivity index (χ0v) is 11.7. The molecule has 0 radical (unpaired) electrons. The van der Waals surface area contributed by atoms with Crippen LogP contribution in [0.5, 0.6) is 0 Å². The molecule has 0 aromatic carbocycles. The summed E-state index contributed by atoms with van der Waals surface area (Å²) in [6.07, 6.45) is 6.25. The SMILES string of the molecule is CCCC1CN=C(Nc2cnn(CCOC)c2)S1. The highest BCUT2D eigenvalue weighted by molar-refractivity contribution is 8.15. The molecule has 1 aliphatic rings. The van der Waals surface area contributed by atoms with Crippen molar-refractivity contribution in [3.63, 3.8) is 0 Å². The second-order valence-corrected chi connectivity index (χ2v) is 5.57. The zero-order valence-electron chi connectivity index (χ0n) is 10.9. The first-order valence-corrected chi connectivity index (χ1v) is 7.19. The van der Waals surface area contributed by atoms with Gasteiger partial charge in [0.15, 0.2) is 5.17 Å². The fourth-order valence-corrected chi connectivity index (χ4v) is 2.96. The molecule has 0 aliphatic carbocycles. The number of hydrogen-bond acceptors (Lipinski definition) is 5. The summed E-state index contributed by atoms with van der Waals surface area (Å²) in [5.74, 6) is 0. The predicted octanol–water partition coefficient (Wildman–Crippen LogP) is 2.21. The molecule has 6 heteroatoms. The van der Waals surface area contributed by atoms with Crippen LogP contribution in [-0.2, 0) is 11.3 Å². The van der Waals surface area contributed by atoms with Crippen LogP contribution in [0.3, 0.4) is 0 Å². The van der Waals surface area contributed by atoms with Gasteiger partial charge in [-0.1, -0.05) is 25.1 Å². The van der Waals surface area contributed by atoms with Gasteiger partial charge in [0.05, 0.1) is 31.6 Å². The molecular formula is C12H20N4OS. The zero-order chi connectivity index (χ0) is 12.8. The molecule has 1 atom stereocenters. The van der Waals surface area contributed by atoms with Gasteiger partial charge in [0.25, 0.3) is 0 Å². The van der Waals surface area contributed by atoms with Crippen LogP contribution in [0, 0.1) is 0 Å². The Labute approximate surface area is 112 Å². The van der Waals surface area contributed by atoms with Gasteiger partial charge in [-0.25, -0.2) is 0 Å². The van der Waals surface area contributed by atoms with Crippen LogP contribution in [0.25, 0.3) is 0 Å². The number of nitrogens with one attached hydrogen (secondary N) is 1. The smallest absolute Gasteiger partial charge is 0.161 e. The van der Waals surface area contributed by atoms with E-state index in [0.29, 0.717) is 11.9 Å². The normalized spacial score (nSPS) is 19.0. The summed E-state index contributed by atoms with van der Waals surface area (Å²) >= 11 is 1.83. The van der Waals surface area contributed by atoms with Gasteiger partial charge in [-0.3, -0.25) is 9.67 Å². The van der Waals surface area contributed by atoms with E-state index in [-0.39, 0.29) is 0 Å². The summed E-state index contributed by atoms with van der Waals surface area (Å²) < 4.78 is 6.89. The molecule has 1 unspecified atom stereocenters. The number of rotatable bonds is 6. The third-order valence-electron chi connectivity index (χ3n) is 2.74. The standard InChI is InChI=1S/C12H20N4OS/c1-3-4-11-8-13-12(18-11)15-10-7-14-16(9-10)5-6-17-2/h7,9,11H,3-6,8H2,1-2H3,(H,13,15). The summed E-state index contributed by atoms with van der Waals surface area (Å²) in [5.41, 5.74) is 0.995. The van der Waals surface area contributed by atoms with Crippen LogP contribution in [0.2, 0.25) is 0 Å². The summed E-state index contributed by atoms with van der Waals surface area (Å²) in [6, 6.07) is 0. The highest BCUT2D eigenvalue weighted by atomic mass is 32.2. The van der Waals surface area contributed by atoms with Gasteiger partial charge in [0, 0.05) is 18.6 Å². The number of methoxy groups -OCH3 is 1. The molecule has 1 aliphatic heterocycles. The van der Waals surface area contributed by atoms with Gasteiger partial charge in [0.1, 0.15) is 0 Å². The van der Waals surface area contributed by atoms with E-state index >= 15 is 0 Å². The van der Waals surface area contributed by atoms with Crippen LogP contribution in [-0.4, -0.2) is 40.5 Å². The summed E-state index contributed by atoms with van der Waals surface area (Å²) in [6.45, 7) is 4.59. The maximum atomic E-state index is 5.02. The fourth-order valence-electron chi connectivity index (χ4n) is 1.82. The van der Waals surface area contributed by atoms with Crippen LogP contribution < -0.4 is 5.32 Å². The van der Waals surface area contributed by atoms with Crippen LogP contribution in [0.4, 0.5) is 5.69 Å². The molecule has 1 N–H and O–H groups in total. The van der Waals surface area contributed by atoms with E-state index in [1.165, 1.54) is 12.8 Å². The highest BCUT2D eigenvalue weighted by Crippen LogP contribution is 2.25. The lowest BCUT2D eigenvalue weighted by Gasteiger charge is -2.06. The Morgan fingerprint density at radius 1 is 1.61 bits per heavy atom. The second-order valence-electron chi connectivity index (χ2n) is 4.28. The van der Waals surface area contributed by atoms with Gasteiger partial charge < -0.3 is 10.1 Å². The molecule has 2 rings (SSSR count). The third-order valence-corrected chi connectivity index (χ3v) is 3.91. The van der Waals surface area contributed by atoms with Crippen molar-refractivity contribution in [2.24, 2.45) is 4.99 Å². The van der Waals surface area contributed by atoms with E-state index in [0.717, 1.165) is 23.9 Å². The quantitative estimate of drug-likeness (QED) is 0.859. The maximum Gasteiger partial charge on any atom is 0.161 e. The average molecular weight is 268 g/mol. The van der Waals surface area contributed by atoms with Gasteiger partial charge in [0.2, 0.25) is 0 Å². The largest absolute Gasteiger partial charge is 0.383 e. The Morgan fingerprint density at radius 2 is 2.50 bits per heavy atom. The van der Waals surface area contributed by atoms with E-state index in [1.54, 1.807) is 7.11 Å². The third kappa shape index (κ3) is 3.74. The molecule has 1 aromatic heterocycles. The van der Waals surface area contributed by atoms with Crippen molar-refractivity contribution in [1.82, 2.24) is 9.78 Å². The summed E-state index contributed by atoms with van der Waals surface area (Å²) in [5, 5.41) is 9.23. The van der Waals surface area contributed by atoms with Gasteiger partial charge in [-0.2, -0.15) is 5.10 Å². The van der Waals surface area contributed by atoms with Crippen LogP contribution in [0.1, 0.15) is 19.8 Å². The molecule has 0 saturated heterocycles. The minimum absolute atomic E-state index is 0.640. The number of ether oxygens (including phenoxy) is 1. The molecule has 1 aromatic rings. The van der Waals surface area contributed by atoms with E-state index in [9.17, 15) is 0 Å². The summed E-state index contributed by atoms with van der Waals surface area (Å²) in [4.78, 5) is 4.51. The Bertz CT molecular complexity index is 405. The van der Waals surface area contributed by atoms with E-state index in [1.807, 2.05) is 28.8 Å². The van der Waals surface area contributed by atoms with Gasteiger partial charge >= 0.3 is 0 Å². The number of aliphatic imine (C=N–C) groups is 1. The molecular weight excluding hydrogens is 248 g/mol. The molecule has 5 nitrogen and oxygen atoms in total. The topological polar surface area (TPSA) is 51.4 Å². The lowest BCUT2D eigenvalue weighted by Crippen LogP contribution is -2.07. The summed E-state index contributed by atoms with van der Waals surface area (Å²) in [7, 11) is 1.69. The molecule has 0 saturated carbocycles. The first kappa shape index (κ1) is 13.4. The van der Waals surface area contributed by atoms with E-state index < -0.39 is 0 Å². The molecule has 0 fully saturated rings. The maximum absolute atomic E-state index is 5.02. The Kier molecular flexibility index (Phi) is 5.07. The average Bonchev–Trinajstić information content (AvgIpc) is 2.98. The highest BCUT2D eigenvalue weighted by Gasteiger charge is 2.18. The van der Waals surface area contributed by atoms with Crippen molar-refractivity contribution in [2.45, 2.75) is 31.6 Å². The lowest BCUT2D eigenvalue weighted by atomic mass is 10.2.